The number of fused-ring (bicyclic) bond motifs is 2. The van der Waals surface area contributed by atoms with E-state index in [1.807, 2.05) is 24.3 Å². The third-order valence-electron chi connectivity index (χ3n) is 4.08. The highest BCUT2D eigenvalue weighted by Crippen LogP contribution is 2.27. The second kappa shape index (κ2) is 6.18. The van der Waals surface area contributed by atoms with Crippen LogP contribution in [0.4, 0.5) is 0 Å². The van der Waals surface area contributed by atoms with Crippen LogP contribution in [0.1, 0.15) is 35.0 Å². The van der Waals surface area contributed by atoms with Crippen molar-refractivity contribution in [3.63, 3.8) is 0 Å². The summed E-state index contributed by atoms with van der Waals surface area (Å²) in [7, 11) is 0. The number of nitrogens with zero attached hydrogens (tertiary/aromatic N) is 4. The van der Waals surface area contributed by atoms with Crippen LogP contribution in [0.5, 0.6) is 0 Å². The second-order valence-corrected chi connectivity index (χ2v) is 7.41. The molecule has 4 rings (SSSR count). The Morgan fingerprint density at radius 1 is 1.29 bits per heavy atom. The van der Waals surface area contributed by atoms with Gasteiger partial charge in [0.1, 0.15) is 0 Å². The summed E-state index contributed by atoms with van der Waals surface area (Å²) in [6, 6.07) is 7.73. The molecule has 2 aromatic heterocycles. The Kier molecular flexibility index (Phi) is 4.02. The summed E-state index contributed by atoms with van der Waals surface area (Å²) in [4.78, 5) is 21.2. The van der Waals surface area contributed by atoms with Gasteiger partial charge in [-0.05, 0) is 24.0 Å². The SMILES string of the molecule is C[C@H]1CC(=O)c2cn3nc(SCc4ccccc4Cl)nc3nc2C1. The van der Waals surface area contributed by atoms with Gasteiger partial charge in [0, 0.05) is 23.4 Å². The Labute approximate surface area is 148 Å². The van der Waals surface area contributed by atoms with Gasteiger partial charge < -0.3 is 0 Å². The van der Waals surface area contributed by atoms with Crippen LogP contribution >= 0.6 is 23.4 Å². The van der Waals surface area contributed by atoms with Gasteiger partial charge >= 0.3 is 0 Å². The lowest BCUT2D eigenvalue weighted by molar-refractivity contribution is 0.0951. The number of carbonyl (C=O) groups excluding carboxylic acids is 1. The molecule has 24 heavy (non-hydrogen) atoms. The van der Waals surface area contributed by atoms with Gasteiger partial charge in [-0.3, -0.25) is 4.79 Å². The number of rotatable bonds is 3. The van der Waals surface area contributed by atoms with Crippen LogP contribution in [0.15, 0.2) is 35.6 Å². The highest BCUT2D eigenvalue weighted by Gasteiger charge is 2.25. The van der Waals surface area contributed by atoms with Crippen molar-refractivity contribution in [1.29, 1.82) is 0 Å². The Morgan fingerprint density at radius 3 is 2.96 bits per heavy atom. The lowest BCUT2D eigenvalue weighted by Gasteiger charge is -2.18. The van der Waals surface area contributed by atoms with Crippen molar-refractivity contribution in [2.24, 2.45) is 5.92 Å². The number of ketones is 1. The zero-order valence-corrected chi connectivity index (χ0v) is 14.6. The van der Waals surface area contributed by atoms with E-state index in [9.17, 15) is 4.79 Å². The van der Waals surface area contributed by atoms with E-state index in [1.165, 1.54) is 11.8 Å². The fourth-order valence-electron chi connectivity index (χ4n) is 2.87. The average molecular weight is 359 g/mol. The van der Waals surface area contributed by atoms with E-state index in [0.29, 0.717) is 34.6 Å². The van der Waals surface area contributed by atoms with Gasteiger partial charge in [-0.2, -0.15) is 4.98 Å². The van der Waals surface area contributed by atoms with Crippen molar-refractivity contribution in [1.82, 2.24) is 19.6 Å². The van der Waals surface area contributed by atoms with Crippen molar-refractivity contribution in [3.05, 3.63) is 52.3 Å². The zero-order chi connectivity index (χ0) is 16.7. The normalized spacial score (nSPS) is 17.2. The third kappa shape index (κ3) is 2.91. The Hall–Kier alpha value is -1.92. The molecule has 7 heteroatoms. The maximum Gasteiger partial charge on any atom is 0.253 e. The summed E-state index contributed by atoms with van der Waals surface area (Å²) in [6.45, 7) is 2.07. The van der Waals surface area contributed by atoms with Gasteiger partial charge in [-0.1, -0.05) is 48.5 Å². The molecule has 0 unspecified atom stereocenters. The van der Waals surface area contributed by atoms with E-state index >= 15 is 0 Å². The minimum atomic E-state index is 0.138. The number of hydrogen-bond acceptors (Lipinski definition) is 5. The van der Waals surface area contributed by atoms with Crippen LogP contribution in [0, 0.1) is 5.92 Å². The number of halogens is 1. The number of aromatic nitrogens is 4. The van der Waals surface area contributed by atoms with Crippen LogP contribution in [0.3, 0.4) is 0 Å². The maximum atomic E-state index is 12.2. The first-order valence-electron chi connectivity index (χ1n) is 7.76. The molecule has 2 heterocycles. The van der Waals surface area contributed by atoms with Gasteiger partial charge in [-0.15, -0.1) is 5.10 Å². The lowest BCUT2D eigenvalue weighted by atomic mass is 9.88. The fraction of sp³-hybridized carbons (Fsp3) is 0.294. The largest absolute Gasteiger partial charge is 0.294 e. The molecule has 5 nitrogen and oxygen atoms in total. The molecule has 0 bridgehead atoms. The fourth-order valence-corrected chi connectivity index (χ4v) is 3.98. The molecule has 0 spiro atoms. The van der Waals surface area contributed by atoms with E-state index in [-0.39, 0.29) is 5.78 Å². The third-order valence-corrected chi connectivity index (χ3v) is 5.34. The molecule has 122 valence electrons. The summed E-state index contributed by atoms with van der Waals surface area (Å²) in [5.74, 6) is 1.69. The standard InChI is InChI=1S/C17H15ClN4OS/c1-10-6-14-12(15(23)7-10)8-22-16(19-14)20-17(21-22)24-9-11-4-2-3-5-13(11)18/h2-5,8,10H,6-7,9H2,1H3/t10-/m1/s1. The van der Waals surface area contributed by atoms with E-state index < -0.39 is 0 Å². The first kappa shape index (κ1) is 15.6. The molecule has 0 radical (unpaired) electrons. The summed E-state index contributed by atoms with van der Waals surface area (Å²) in [5.41, 5.74) is 2.55. The Morgan fingerprint density at radius 2 is 2.12 bits per heavy atom. The summed E-state index contributed by atoms with van der Waals surface area (Å²) >= 11 is 7.68. The molecule has 0 fully saturated rings. The second-order valence-electron chi connectivity index (χ2n) is 6.06. The zero-order valence-electron chi connectivity index (χ0n) is 13.1. The molecule has 0 aliphatic heterocycles. The van der Waals surface area contributed by atoms with Gasteiger partial charge in [0.05, 0.1) is 11.3 Å². The van der Waals surface area contributed by atoms with Crippen molar-refractivity contribution < 1.29 is 4.79 Å². The van der Waals surface area contributed by atoms with Crippen molar-refractivity contribution in [3.8, 4) is 0 Å². The average Bonchev–Trinajstić information content (AvgIpc) is 2.94. The molecule has 1 aliphatic rings. The quantitative estimate of drug-likeness (QED) is 0.666. The number of carbonyl (C=O) groups is 1. The minimum absolute atomic E-state index is 0.138. The van der Waals surface area contributed by atoms with Gasteiger partial charge in [0.2, 0.25) is 5.16 Å². The Bertz CT molecular complexity index is 939. The van der Waals surface area contributed by atoms with Gasteiger partial charge in [0.25, 0.3) is 5.78 Å². The number of benzene rings is 1. The van der Waals surface area contributed by atoms with Gasteiger partial charge in [0.15, 0.2) is 5.78 Å². The van der Waals surface area contributed by atoms with Crippen molar-refractivity contribution >= 4 is 34.9 Å². The van der Waals surface area contributed by atoms with E-state index in [0.717, 1.165) is 22.7 Å². The van der Waals surface area contributed by atoms with E-state index in [2.05, 4.69) is 22.0 Å². The molecule has 1 atom stereocenters. The predicted octanol–water partition coefficient (Wildman–Crippen LogP) is 3.84. The van der Waals surface area contributed by atoms with Crippen molar-refractivity contribution in [2.45, 2.75) is 30.7 Å². The number of hydrogen-bond donors (Lipinski definition) is 0. The molecule has 0 N–H and O–H groups in total. The summed E-state index contributed by atoms with van der Waals surface area (Å²) in [5, 5.41) is 5.80. The monoisotopic (exact) mass is 358 g/mol. The Balaban J connectivity index is 1.62. The molecular weight excluding hydrogens is 344 g/mol. The molecule has 1 aromatic carbocycles. The van der Waals surface area contributed by atoms with E-state index in [4.69, 9.17) is 11.6 Å². The van der Waals surface area contributed by atoms with Gasteiger partial charge in [-0.25, -0.2) is 9.50 Å². The highest BCUT2D eigenvalue weighted by molar-refractivity contribution is 7.98. The van der Waals surface area contributed by atoms with Crippen LogP contribution in [-0.2, 0) is 12.2 Å². The smallest absolute Gasteiger partial charge is 0.253 e. The van der Waals surface area contributed by atoms with Crippen LogP contribution in [0.2, 0.25) is 5.02 Å². The minimum Gasteiger partial charge on any atom is -0.294 e. The van der Waals surface area contributed by atoms with Crippen LogP contribution < -0.4 is 0 Å². The molecule has 0 saturated heterocycles. The van der Waals surface area contributed by atoms with Crippen molar-refractivity contribution in [2.75, 3.05) is 0 Å². The lowest BCUT2D eigenvalue weighted by Crippen LogP contribution is -2.20. The first-order chi connectivity index (χ1) is 11.6. The molecule has 1 aliphatic carbocycles. The highest BCUT2D eigenvalue weighted by atomic mass is 35.5. The number of thioether (sulfide) groups is 1. The maximum absolute atomic E-state index is 12.2. The topological polar surface area (TPSA) is 60.2 Å². The molecule has 0 amide bonds. The molecular formula is C17H15ClN4OS. The molecule has 3 aromatic rings. The summed E-state index contributed by atoms with van der Waals surface area (Å²) in [6.07, 6.45) is 3.15. The first-order valence-corrected chi connectivity index (χ1v) is 9.12. The van der Waals surface area contributed by atoms with Crippen LogP contribution in [0.25, 0.3) is 5.78 Å². The number of Topliss-reactive ketones (excluding diaryl/α,β-unsaturated/α-hetero) is 1. The van der Waals surface area contributed by atoms with E-state index in [1.54, 1.807) is 10.7 Å². The summed E-state index contributed by atoms with van der Waals surface area (Å²) < 4.78 is 1.60. The predicted molar refractivity (Wildman–Crippen MR) is 93.6 cm³/mol. The van der Waals surface area contributed by atoms with Crippen LogP contribution in [-0.4, -0.2) is 25.4 Å². The molecule has 0 saturated carbocycles.